The van der Waals surface area contributed by atoms with Crippen molar-refractivity contribution >= 4 is 0 Å². The summed E-state index contributed by atoms with van der Waals surface area (Å²) in [6.45, 7) is 1.22. The lowest BCUT2D eigenvalue weighted by molar-refractivity contribution is 0.313. The summed E-state index contributed by atoms with van der Waals surface area (Å²) >= 11 is 0. The van der Waals surface area contributed by atoms with Gasteiger partial charge in [0, 0.05) is 18.1 Å². The van der Waals surface area contributed by atoms with Crippen molar-refractivity contribution in [2.24, 2.45) is 5.73 Å². The standard InChI is InChI=1S/C16H17NO2/c17-15-11-19-16-10-13(6-7-14(15)16)18-9-8-12-4-2-1-3-5-12/h1-7,10,15H,8-9,11,17H2. The molecule has 0 spiro atoms. The first-order chi connectivity index (χ1) is 9.33. The smallest absolute Gasteiger partial charge is 0.127 e. The van der Waals surface area contributed by atoms with E-state index in [1.54, 1.807) is 0 Å². The Kier molecular flexibility index (Phi) is 3.38. The van der Waals surface area contributed by atoms with Crippen molar-refractivity contribution in [2.75, 3.05) is 13.2 Å². The quantitative estimate of drug-likeness (QED) is 0.913. The van der Waals surface area contributed by atoms with Gasteiger partial charge in [0.25, 0.3) is 0 Å². The zero-order chi connectivity index (χ0) is 13.1. The van der Waals surface area contributed by atoms with Crippen LogP contribution in [0.5, 0.6) is 11.5 Å². The molecule has 0 amide bonds. The van der Waals surface area contributed by atoms with Crippen LogP contribution in [0.4, 0.5) is 0 Å². The summed E-state index contributed by atoms with van der Waals surface area (Å²) < 4.78 is 11.3. The van der Waals surface area contributed by atoms with Crippen LogP contribution in [-0.2, 0) is 6.42 Å². The third-order valence-electron chi connectivity index (χ3n) is 3.31. The summed E-state index contributed by atoms with van der Waals surface area (Å²) in [7, 11) is 0. The van der Waals surface area contributed by atoms with E-state index in [-0.39, 0.29) is 6.04 Å². The zero-order valence-corrected chi connectivity index (χ0v) is 10.7. The number of ether oxygens (including phenoxy) is 2. The first-order valence-corrected chi connectivity index (χ1v) is 6.52. The molecule has 19 heavy (non-hydrogen) atoms. The minimum Gasteiger partial charge on any atom is -0.493 e. The van der Waals surface area contributed by atoms with Crippen molar-refractivity contribution < 1.29 is 9.47 Å². The second kappa shape index (κ2) is 5.33. The minimum atomic E-state index is -0.00614. The Morgan fingerprint density at radius 2 is 2.00 bits per heavy atom. The van der Waals surface area contributed by atoms with E-state index in [0.29, 0.717) is 13.2 Å². The second-order valence-electron chi connectivity index (χ2n) is 4.70. The highest BCUT2D eigenvalue weighted by atomic mass is 16.5. The van der Waals surface area contributed by atoms with Gasteiger partial charge in [0.1, 0.15) is 18.1 Å². The molecule has 0 saturated carbocycles. The van der Waals surface area contributed by atoms with Crippen LogP contribution in [0, 0.1) is 0 Å². The summed E-state index contributed by atoms with van der Waals surface area (Å²) in [5.74, 6) is 1.69. The van der Waals surface area contributed by atoms with Gasteiger partial charge in [0.05, 0.1) is 12.6 Å². The van der Waals surface area contributed by atoms with E-state index >= 15 is 0 Å². The highest BCUT2D eigenvalue weighted by Gasteiger charge is 2.20. The first kappa shape index (κ1) is 12.1. The van der Waals surface area contributed by atoms with Gasteiger partial charge in [-0.3, -0.25) is 0 Å². The van der Waals surface area contributed by atoms with Gasteiger partial charge in [-0.05, 0) is 17.7 Å². The second-order valence-corrected chi connectivity index (χ2v) is 4.70. The molecule has 0 saturated heterocycles. The summed E-state index contributed by atoms with van der Waals surface area (Å²) in [6, 6.07) is 16.2. The number of fused-ring (bicyclic) bond motifs is 1. The highest BCUT2D eigenvalue weighted by Crippen LogP contribution is 2.33. The van der Waals surface area contributed by atoms with Crippen molar-refractivity contribution in [3.8, 4) is 11.5 Å². The van der Waals surface area contributed by atoms with Gasteiger partial charge < -0.3 is 15.2 Å². The van der Waals surface area contributed by atoms with Gasteiger partial charge in [-0.1, -0.05) is 30.3 Å². The molecule has 1 unspecified atom stereocenters. The van der Waals surface area contributed by atoms with E-state index in [9.17, 15) is 0 Å². The molecule has 1 atom stereocenters. The van der Waals surface area contributed by atoms with Crippen LogP contribution in [-0.4, -0.2) is 13.2 Å². The molecule has 0 bridgehead atoms. The lowest BCUT2D eigenvalue weighted by Gasteiger charge is -2.08. The Bertz CT molecular complexity index is 554. The molecule has 3 nitrogen and oxygen atoms in total. The van der Waals surface area contributed by atoms with Gasteiger partial charge in [-0.25, -0.2) is 0 Å². The Hall–Kier alpha value is -2.00. The van der Waals surface area contributed by atoms with E-state index < -0.39 is 0 Å². The fourth-order valence-electron chi connectivity index (χ4n) is 2.24. The lowest BCUT2D eigenvalue weighted by Crippen LogP contribution is -2.10. The predicted octanol–water partition coefficient (Wildman–Crippen LogP) is 2.70. The summed E-state index contributed by atoms with van der Waals surface area (Å²) in [4.78, 5) is 0. The van der Waals surface area contributed by atoms with Gasteiger partial charge in [0.2, 0.25) is 0 Å². The molecule has 98 valence electrons. The molecule has 0 radical (unpaired) electrons. The molecule has 2 N–H and O–H groups in total. The van der Waals surface area contributed by atoms with Crippen molar-refractivity contribution in [3.63, 3.8) is 0 Å². The number of hydrogen-bond donors (Lipinski definition) is 1. The molecule has 0 aliphatic carbocycles. The summed E-state index contributed by atoms with van der Waals surface area (Å²) in [5.41, 5.74) is 8.25. The molecule has 3 heteroatoms. The molecule has 2 aromatic carbocycles. The van der Waals surface area contributed by atoms with Gasteiger partial charge >= 0.3 is 0 Å². The summed E-state index contributed by atoms with van der Waals surface area (Å²) in [5, 5.41) is 0. The van der Waals surface area contributed by atoms with Gasteiger partial charge in [0.15, 0.2) is 0 Å². The summed E-state index contributed by atoms with van der Waals surface area (Å²) in [6.07, 6.45) is 0.901. The lowest BCUT2D eigenvalue weighted by atomic mass is 10.1. The molecular formula is C16H17NO2. The molecule has 1 aliphatic heterocycles. The van der Waals surface area contributed by atoms with E-state index in [2.05, 4.69) is 12.1 Å². The van der Waals surface area contributed by atoms with E-state index in [0.717, 1.165) is 23.5 Å². The zero-order valence-electron chi connectivity index (χ0n) is 10.7. The van der Waals surface area contributed by atoms with Crippen LogP contribution in [0.2, 0.25) is 0 Å². The van der Waals surface area contributed by atoms with Crippen LogP contribution < -0.4 is 15.2 Å². The van der Waals surface area contributed by atoms with Crippen LogP contribution in [0.25, 0.3) is 0 Å². The number of hydrogen-bond acceptors (Lipinski definition) is 3. The normalized spacial score (nSPS) is 16.8. The molecular weight excluding hydrogens is 238 g/mol. The SMILES string of the molecule is NC1COc2cc(OCCc3ccccc3)ccc21. The number of benzene rings is 2. The maximum Gasteiger partial charge on any atom is 0.127 e. The van der Waals surface area contributed by atoms with E-state index in [1.807, 2.05) is 36.4 Å². The van der Waals surface area contributed by atoms with Crippen LogP contribution in [0.1, 0.15) is 17.2 Å². The monoisotopic (exact) mass is 255 g/mol. The number of nitrogens with two attached hydrogens (primary N) is 1. The third-order valence-corrected chi connectivity index (χ3v) is 3.31. The van der Waals surface area contributed by atoms with Gasteiger partial charge in [-0.15, -0.1) is 0 Å². The average Bonchev–Trinajstić information content (AvgIpc) is 2.81. The fourth-order valence-corrected chi connectivity index (χ4v) is 2.24. The van der Waals surface area contributed by atoms with Crippen LogP contribution in [0.15, 0.2) is 48.5 Å². The minimum absolute atomic E-state index is 0.00614. The first-order valence-electron chi connectivity index (χ1n) is 6.52. The molecule has 2 aromatic rings. The largest absolute Gasteiger partial charge is 0.493 e. The topological polar surface area (TPSA) is 44.5 Å². The number of rotatable bonds is 4. The molecule has 0 aromatic heterocycles. The maximum absolute atomic E-state index is 5.91. The van der Waals surface area contributed by atoms with Crippen molar-refractivity contribution in [3.05, 3.63) is 59.7 Å². The van der Waals surface area contributed by atoms with E-state index in [1.165, 1.54) is 5.56 Å². The Morgan fingerprint density at radius 3 is 2.84 bits per heavy atom. The maximum atomic E-state index is 5.91. The van der Waals surface area contributed by atoms with Crippen molar-refractivity contribution in [1.29, 1.82) is 0 Å². The molecule has 1 heterocycles. The van der Waals surface area contributed by atoms with E-state index in [4.69, 9.17) is 15.2 Å². The van der Waals surface area contributed by atoms with Crippen molar-refractivity contribution in [2.45, 2.75) is 12.5 Å². The highest BCUT2D eigenvalue weighted by molar-refractivity contribution is 5.44. The van der Waals surface area contributed by atoms with Crippen molar-refractivity contribution in [1.82, 2.24) is 0 Å². The third kappa shape index (κ3) is 2.71. The Balaban J connectivity index is 1.59. The molecule has 1 aliphatic rings. The van der Waals surface area contributed by atoms with Gasteiger partial charge in [-0.2, -0.15) is 0 Å². The van der Waals surface area contributed by atoms with Crippen LogP contribution in [0.3, 0.4) is 0 Å². The molecule has 0 fully saturated rings. The van der Waals surface area contributed by atoms with Crippen LogP contribution >= 0.6 is 0 Å². The molecule has 3 rings (SSSR count). The Labute approximate surface area is 113 Å². The predicted molar refractivity (Wildman–Crippen MR) is 74.5 cm³/mol. The Morgan fingerprint density at radius 1 is 1.16 bits per heavy atom. The average molecular weight is 255 g/mol. The fraction of sp³-hybridized carbons (Fsp3) is 0.250.